The zero-order valence-electron chi connectivity index (χ0n) is 10.3. The van der Waals surface area contributed by atoms with Crippen LogP contribution in [0.2, 0.25) is 0 Å². The van der Waals surface area contributed by atoms with Gasteiger partial charge in [0.1, 0.15) is 0 Å². The second-order valence-electron chi connectivity index (χ2n) is 4.49. The minimum Gasteiger partial charge on any atom is -0.440 e. The highest BCUT2D eigenvalue weighted by atomic mass is 32.2. The molecule has 0 aliphatic heterocycles. The molecule has 3 nitrogen and oxygen atoms in total. The van der Waals surface area contributed by atoms with Gasteiger partial charge in [-0.05, 0) is 19.1 Å². The lowest BCUT2D eigenvalue weighted by atomic mass is 9.88. The Hall–Kier alpha value is -0.590. The molecule has 0 aromatic heterocycles. The molecule has 0 unspecified atom stereocenters. The topological polar surface area (TPSA) is 38.3 Å². The van der Waals surface area contributed by atoms with Crippen molar-refractivity contribution in [3.05, 3.63) is 0 Å². The van der Waals surface area contributed by atoms with E-state index in [0.717, 1.165) is 25.7 Å². The number of ether oxygens (including phenoxy) is 1. The number of carbonyl (C=O) groups is 1. The third-order valence-electron chi connectivity index (χ3n) is 3.12. The summed E-state index contributed by atoms with van der Waals surface area (Å²) >= 11 is 1.67. The van der Waals surface area contributed by atoms with Crippen molar-refractivity contribution in [1.29, 1.82) is 0 Å². The molecule has 1 amide bonds. The van der Waals surface area contributed by atoms with Crippen molar-refractivity contribution in [2.45, 2.75) is 43.0 Å². The highest BCUT2D eigenvalue weighted by Crippen LogP contribution is 2.37. The second-order valence-corrected chi connectivity index (χ2v) is 5.77. The average molecular weight is 285 g/mol. The molecule has 1 aliphatic rings. The number of hydrogen-bond acceptors (Lipinski definition) is 3. The van der Waals surface area contributed by atoms with Crippen molar-refractivity contribution in [2.75, 3.05) is 19.4 Å². The molecule has 1 rings (SSSR count). The van der Waals surface area contributed by atoms with Crippen molar-refractivity contribution in [3.63, 3.8) is 0 Å². The van der Waals surface area contributed by atoms with Crippen LogP contribution >= 0.6 is 11.8 Å². The van der Waals surface area contributed by atoms with Gasteiger partial charge in [-0.1, -0.05) is 19.3 Å². The summed E-state index contributed by atoms with van der Waals surface area (Å²) in [5.74, 6) is 0. The molecular formula is C11H18F3NO2S. The van der Waals surface area contributed by atoms with Crippen molar-refractivity contribution in [2.24, 2.45) is 0 Å². The molecule has 1 fully saturated rings. The highest BCUT2D eigenvalue weighted by Gasteiger charge is 2.33. The van der Waals surface area contributed by atoms with E-state index in [2.05, 4.69) is 10.1 Å². The predicted molar refractivity (Wildman–Crippen MR) is 64.7 cm³/mol. The van der Waals surface area contributed by atoms with Crippen LogP contribution in [0.1, 0.15) is 32.1 Å². The highest BCUT2D eigenvalue weighted by molar-refractivity contribution is 8.00. The normalized spacial score (nSPS) is 19.3. The number of halogens is 3. The molecule has 0 spiro atoms. The van der Waals surface area contributed by atoms with E-state index in [0.29, 0.717) is 6.54 Å². The first-order valence-electron chi connectivity index (χ1n) is 5.89. The van der Waals surface area contributed by atoms with Crippen LogP contribution in [0.3, 0.4) is 0 Å². The van der Waals surface area contributed by atoms with Crippen LogP contribution in [0.4, 0.5) is 18.0 Å². The first-order valence-corrected chi connectivity index (χ1v) is 7.12. The molecule has 106 valence electrons. The van der Waals surface area contributed by atoms with Gasteiger partial charge in [0.2, 0.25) is 0 Å². The summed E-state index contributed by atoms with van der Waals surface area (Å²) in [6.45, 7) is -1.17. The maximum Gasteiger partial charge on any atom is 0.422 e. The lowest BCUT2D eigenvalue weighted by Gasteiger charge is -2.35. The summed E-state index contributed by atoms with van der Waals surface area (Å²) in [7, 11) is 0. The third kappa shape index (κ3) is 5.37. The van der Waals surface area contributed by atoms with Gasteiger partial charge >= 0.3 is 12.3 Å². The Morgan fingerprint density at radius 2 is 1.94 bits per heavy atom. The molecule has 0 heterocycles. The van der Waals surface area contributed by atoms with E-state index in [1.807, 2.05) is 6.26 Å². The zero-order valence-corrected chi connectivity index (χ0v) is 11.1. The third-order valence-corrected chi connectivity index (χ3v) is 4.54. The lowest BCUT2D eigenvalue weighted by Crippen LogP contribution is -2.42. The molecule has 0 atom stereocenters. The van der Waals surface area contributed by atoms with Crippen molar-refractivity contribution >= 4 is 17.9 Å². The van der Waals surface area contributed by atoms with E-state index in [1.165, 1.54) is 6.42 Å². The standard InChI is InChI=1S/C11H18F3NO2S/c1-18-10(5-3-2-4-6-10)7-15-9(16)17-8-11(12,13)14/h2-8H2,1H3,(H,15,16). The van der Waals surface area contributed by atoms with E-state index in [1.54, 1.807) is 11.8 Å². The van der Waals surface area contributed by atoms with E-state index in [4.69, 9.17) is 0 Å². The van der Waals surface area contributed by atoms with Crippen molar-refractivity contribution < 1.29 is 22.7 Å². The maximum atomic E-state index is 11.8. The second kappa shape index (κ2) is 6.54. The summed E-state index contributed by atoms with van der Waals surface area (Å²) in [6.07, 6.45) is 1.84. The van der Waals surface area contributed by atoms with E-state index >= 15 is 0 Å². The molecule has 0 saturated heterocycles. The summed E-state index contributed by atoms with van der Waals surface area (Å²) in [5.41, 5.74) is 0. The molecular weight excluding hydrogens is 267 g/mol. The monoisotopic (exact) mass is 285 g/mol. The molecule has 0 aromatic rings. The Labute approximate surface area is 109 Å². The van der Waals surface area contributed by atoms with E-state index in [9.17, 15) is 18.0 Å². The minimum atomic E-state index is -4.47. The number of nitrogens with one attached hydrogen (secondary N) is 1. The van der Waals surface area contributed by atoms with Gasteiger partial charge in [0.25, 0.3) is 0 Å². The molecule has 1 N–H and O–H groups in total. The van der Waals surface area contributed by atoms with Crippen molar-refractivity contribution in [3.8, 4) is 0 Å². The van der Waals surface area contributed by atoms with Crippen LogP contribution in [0.5, 0.6) is 0 Å². The SMILES string of the molecule is CSC1(CNC(=O)OCC(F)(F)F)CCCCC1. The summed E-state index contributed by atoms with van der Waals surface area (Å²) in [6, 6.07) is 0. The molecule has 1 aliphatic carbocycles. The van der Waals surface area contributed by atoms with Crippen LogP contribution in [0.25, 0.3) is 0 Å². The van der Waals surface area contributed by atoms with Gasteiger partial charge in [-0.15, -0.1) is 0 Å². The summed E-state index contributed by atoms with van der Waals surface area (Å²) in [4.78, 5) is 11.1. The largest absolute Gasteiger partial charge is 0.440 e. The van der Waals surface area contributed by atoms with E-state index in [-0.39, 0.29) is 4.75 Å². The smallest absolute Gasteiger partial charge is 0.422 e. The van der Waals surface area contributed by atoms with Crippen molar-refractivity contribution in [1.82, 2.24) is 5.32 Å². The van der Waals surface area contributed by atoms with Gasteiger partial charge in [-0.3, -0.25) is 0 Å². The molecule has 0 aromatic carbocycles. The van der Waals surface area contributed by atoms with E-state index < -0.39 is 18.9 Å². The number of carbonyl (C=O) groups excluding carboxylic acids is 1. The average Bonchev–Trinajstić information content (AvgIpc) is 2.34. The number of alkyl carbamates (subject to hydrolysis) is 1. The van der Waals surface area contributed by atoms with Gasteiger partial charge in [0, 0.05) is 11.3 Å². The Balaban J connectivity index is 2.32. The van der Waals surface area contributed by atoms with Crippen LogP contribution in [-0.4, -0.2) is 36.4 Å². The fourth-order valence-electron chi connectivity index (χ4n) is 2.08. The maximum absolute atomic E-state index is 11.8. The van der Waals surface area contributed by atoms with Gasteiger partial charge in [0.05, 0.1) is 0 Å². The Bertz CT molecular complexity index is 278. The van der Waals surface area contributed by atoms with Crippen LogP contribution in [0.15, 0.2) is 0 Å². The van der Waals surface area contributed by atoms with Gasteiger partial charge < -0.3 is 10.1 Å². The molecule has 1 saturated carbocycles. The Morgan fingerprint density at radius 1 is 1.33 bits per heavy atom. The van der Waals surface area contributed by atoms with Crippen LogP contribution in [-0.2, 0) is 4.74 Å². The van der Waals surface area contributed by atoms with Gasteiger partial charge in [-0.2, -0.15) is 24.9 Å². The zero-order chi connectivity index (χ0) is 13.6. The number of thioether (sulfide) groups is 1. The lowest BCUT2D eigenvalue weighted by molar-refractivity contribution is -0.160. The van der Waals surface area contributed by atoms with Crippen LogP contribution < -0.4 is 5.32 Å². The number of rotatable bonds is 4. The van der Waals surface area contributed by atoms with Crippen LogP contribution in [0, 0.1) is 0 Å². The quantitative estimate of drug-likeness (QED) is 0.861. The first-order chi connectivity index (χ1) is 8.37. The Morgan fingerprint density at radius 3 is 2.44 bits per heavy atom. The fraction of sp³-hybridized carbons (Fsp3) is 0.909. The van der Waals surface area contributed by atoms with Gasteiger partial charge in [0.15, 0.2) is 6.61 Å². The predicted octanol–water partition coefficient (Wildman–Crippen LogP) is 3.34. The Kier molecular flexibility index (Phi) is 5.62. The number of alkyl halides is 3. The summed E-state index contributed by atoms with van der Waals surface area (Å²) < 4.78 is 39.6. The molecule has 0 bridgehead atoms. The molecule has 18 heavy (non-hydrogen) atoms. The molecule has 7 heteroatoms. The number of hydrogen-bond donors (Lipinski definition) is 1. The minimum absolute atomic E-state index is 0.0461. The fourth-order valence-corrected chi connectivity index (χ4v) is 2.99. The molecule has 0 radical (unpaired) electrons. The summed E-state index contributed by atoms with van der Waals surface area (Å²) in [5, 5.41) is 2.43. The number of amides is 1. The first kappa shape index (κ1) is 15.5. The van der Waals surface area contributed by atoms with Gasteiger partial charge in [-0.25, -0.2) is 4.79 Å².